The first-order valence-corrected chi connectivity index (χ1v) is 4.59. The van der Waals surface area contributed by atoms with Gasteiger partial charge in [-0.1, -0.05) is 15.9 Å². The summed E-state index contributed by atoms with van der Waals surface area (Å²) in [5.41, 5.74) is 0. The molecule has 0 saturated carbocycles. The van der Waals surface area contributed by atoms with Crippen LogP contribution >= 0.6 is 15.9 Å². The lowest BCUT2D eigenvalue weighted by atomic mass is 10.0. The normalized spacial score (nSPS) is 49.2. The maximum atomic E-state index is 12.7. The lowest BCUT2D eigenvalue weighted by molar-refractivity contribution is -0.251. The second-order valence-electron chi connectivity index (χ2n) is 2.65. The van der Waals surface area contributed by atoms with Crippen molar-refractivity contribution in [1.29, 1.82) is 0 Å². The van der Waals surface area contributed by atoms with Crippen LogP contribution in [0.2, 0.25) is 0 Å². The van der Waals surface area contributed by atoms with Crippen LogP contribution < -0.4 is 0 Å². The van der Waals surface area contributed by atoms with Crippen LogP contribution in [0.15, 0.2) is 0 Å². The Bertz CT molecular complexity index is 154. The van der Waals surface area contributed by atoms with E-state index in [0.29, 0.717) is 0 Å². The highest BCUT2D eigenvalue weighted by Crippen LogP contribution is 2.22. The Kier molecular flexibility index (Phi) is 3.42. The van der Waals surface area contributed by atoms with Crippen LogP contribution in [0, 0.1) is 0 Å². The molecule has 0 unspecified atom stereocenters. The molecule has 12 heavy (non-hydrogen) atoms. The van der Waals surface area contributed by atoms with Gasteiger partial charge in [-0.05, 0) is 0 Å². The predicted octanol–water partition coefficient (Wildman–Crippen LogP) is -0.842. The van der Waals surface area contributed by atoms with Crippen molar-refractivity contribution in [2.75, 3.05) is 5.33 Å². The Balaban J connectivity index is 2.63. The van der Waals surface area contributed by atoms with Crippen LogP contribution in [-0.4, -0.2) is 51.4 Å². The maximum absolute atomic E-state index is 12.7. The lowest BCUT2D eigenvalue weighted by Gasteiger charge is -2.36. The zero-order valence-electron chi connectivity index (χ0n) is 6.10. The van der Waals surface area contributed by atoms with E-state index in [-0.39, 0.29) is 5.33 Å². The van der Waals surface area contributed by atoms with Gasteiger partial charge in [-0.3, -0.25) is 0 Å². The van der Waals surface area contributed by atoms with Gasteiger partial charge in [-0.25, -0.2) is 4.39 Å². The third-order valence-corrected chi connectivity index (χ3v) is 2.44. The quantitative estimate of drug-likeness (QED) is 0.527. The van der Waals surface area contributed by atoms with Gasteiger partial charge < -0.3 is 20.1 Å². The molecule has 0 aromatic carbocycles. The highest BCUT2D eigenvalue weighted by Gasteiger charge is 2.43. The van der Waals surface area contributed by atoms with Crippen LogP contribution in [0.4, 0.5) is 4.39 Å². The molecule has 0 radical (unpaired) electrons. The van der Waals surface area contributed by atoms with Gasteiger partial charge in [0.05, 0.1) is 6.10 Å². The van der Waals surface area contributed by atoms with E-state index in [2.05, 4.69) is 20.7 Å². The van der Waals surface area contributed by atoms with Crippen molar-refractivity contribution in [1.82, 2.24) is 0 Å². The molecule has 6 heteroatoms. The number of halogens is 2. The van der Waals surface area contributed by atoms with Crippen LogP contribution in [0.25, 0.3) is 0 Å². The first-order valence-electron chi connectivity index (χ1n) is 3.47. The lowest BCUT2D eigenvalue weighted by Crippen LogP contribution is -2.56. The summed E-state index contributed by atoms with van der Waals surface area (Å²) >= 11 is 2.98. The Morgan fingerprint density at radius 2 is 1.75 bits per heavy atom. The molecule has 1 aliphatic heterocycles. The van der Waals surface area contributed by atoms with E-state index in [0.717, 1.165) is 0 Å². The number of alkyl halides is 2. The molecule has 1 aliphatic rings. The second kappa shape index (κ2) is 3.97. The van der Waals surface area contributed by atoms with E-state index in [1.165, 1.54) is 0 Å². The van der Waals surface area contributed by atoms with Crippen molar-refractivity contribution in [3.63, 3.8) is 0 Å². The smallest absolute Gasteiger partial charge is 0.228 e. The van der Waals surface area contributed by atoms with Crippen molar-refractivity contribution < 1.29 is 24.4 Å². The number of aliphatic hydroxyl groups is 3. The fraction of sp³-hybridized carbons (Fsp3) is 1.00. The molecule has 0 amide bonds. The topological polar surface area (TPSA) is 69.9 Å². The number of hydrogen-bond donors (Lipinski definition) is 3. The minimum absolute atomic E-state index is 0.207. The molecule has 1 fully saturated rings. The van der Waals surface area contributed by atoms with Crippen LogP contribution in [0.5, 0.6) is 0 Å². The van der Waals surface area contributed by atoms with E-state index in [1.54, 1.807) is 0 Å². The summed E-state index contributed by atoms with van der Waals surface area (Å²) in [5.74, 6) is 0. The largest absolute Gasteiger partial charge is 0.388 e. The molecule has 5 atom stereocenters. The molecule has 0 aromatic heterocycles. The number of ether oxygens (including phenoxy) is 1. The van der Waals surface area contributed by atoms with Crippen LogP contribution in [-0.2, 0) is 4.74 Å². The molecule has 0 bridgehead atoms. The van der Waals surface area contributed by atoms with E-state index in [1.807, 2.05) is 0 Å². The predicted molar refractivity (Wildman–Crippen MR) is 41.6 cm³/mol. The van der Waals surface area contributed by atoms with Crippen molar-refractivity contribution in [3.05, 3.63) is 0 Å². The molecule has 1 heterocycles. The van der Waals surface area contributed by atoms with Crippen molar-refractivity contribution in [3.8, 4) is 0 Å². The zero-order chi connectivity index (χ0) is 9.30. The highest BCUT2D eigenvalue weighted by molar-refractivity contribution is 9.09. The van der Waals surface area contributed by atoms with Gasteiger partial charge in [-0.2, -0.15) is 0 Å². The van der Waals surface area contributed by atoms with E-state index >= 15 is 0 Å². The second-order valence-corrected chi connectivity index (χ2v) is 3.30. The Morgan fingerprint density at radius 3 is 2.25 bits per heavy atom. The number of aliphatic hydroxyl groups excluding tert-OH is 3. The monoisotopic (exact) mass is 244 g/mol. The van der Waals surface area contributed by atoms with Gasteiger partial charge >= 0.3 is 0 Å². The average molecular weight is 245 g/mol. The van der Waals surface area contributed by atoms with Crippen LogP contribution in [0.1, 0.15) is 0 Å². The molecule has 4 nitrogen and oxygen atoms in total. The molecule has 0 aliphatic carbocycles. The zero-order valence-corrected chi connectivity index (χ0v) is 7.69. The van der Waals surface area contributed by atoms with E-state index in [9.17, 15) is 9.50 Å². The molecule has 3 N–H and O–H groups in total. The Morgan fingerprint density at radius 1 is 1.17 bits per heavy atom. The van der Waals surface area contributed by atoms with Crippen molar-refractivity contribution >= 4 is 15.9 Å². The third-order valence-electron chi connectivity index (χ3n) is 1.81. The molecular weight excluding hydrogens is 235 g/mol. The SMILES string of the molecule is O[C@@H]1[C@@H](O)[C@@H](F)O[C@H](CBr)[C@H]1O. The van der Waals surface area contributed by atoms with Gasteiger partial charge in [0.25, 0.3) is 0 Å². The highest BCUT2D eigenvalue weighted by atomic mass is 79.9. The van der Waals surface area contributed by atoms with Crippen LogP contribution in [0.3, 0.4) is 0 Å². The fourth-order valence-electron chi connectivity index (χ4n) is 1.03. The summed E-state index contributed by atoms with van der Waals surface area (Å²) in [7, 11) is 0. The number of hydrogen-bond acceptors (Lipinski definition) is 4. The van der Waals surface area contributed by atoms with E-state index < -0.39 is 30.8 Å². The Hall–Kier alpha value is 0.250. The fourth-order valence-corrected chi connectivity index (χ4v) is 1.57. The third kappa shape index (κ3) is 1.77. The number of rotatable bonds is 1. The molecular formula is C6H10BrFO4. The van der Waals surface area contributed by atoms with Gasteiger partial charge in [0.15, 0.2) is 0 Å². The molecule has 1 rings (SSSR count). The van der Waals surface area contributed by atoms with Crippen molar-refractivity contribution in [2.45, 2.75) is 30.8 Å². The van der Waals surface area contributed by atoms with Gasteiger partial charge in [-0.15, -0.1) is 0 Å². The van der Waals surface area contributed by atoms with Gasteiger partial charge in [0.2, 0.25) is 6.36 Å². The van der Waals surface area contributed by atoms with E-state index in [4.69, 9.17) is 10.2 Å². The Labute approximate surface area is 77.1 Å². The molecule has 1 saturated heterocycles. The first kappa shape index (κ1) is 10.3. The summed E-state index contributed by atoms with van der Waals surface area (Å²) in [6.07, 6.45) is -7.18. The summed E-state index contributed by atoms with van der Waals surface area (Å²) in [6, 6.07) is 0. The average Bonchev–Trinajstić information content (AvgIpc) is 2.08. The van der Waals surface area contributed by atoms with Gasteiger partial charge in [0, 0.05) is 5.33 Å². The summed E-state index contributed by atoms with van der Waals surface area (Å²) in [5, 5.41) is 27.4. The minimum atomic E-state index is -1.94. The summed E-state index contributed by atoms with van der Waals surface area (Å²) < 4.78 is 17.2. The molecule has 72 valence electrons. The minimum Gasteiger partial charge on any atom is -0.388 e. The van der Waals surface area contributed by atoms with Crippen molar-refractivity contribution in [2.24, 2.45) is 0 Å². The standard InChI is InChI=1S/C6H10BrFO4/c7-1-2-3(9)4(10)5(11)6(8)12-2/h2-6,9-11H,1H2/t2-,3-,4+,5-,6+/m1/s1. The summed E-state index contributed by atoms with van der Waals surface area (Å²) in [6.45, 7) is 0. The van der Waals surface area contributed by atoms with Gasteiger partial charge in [0.1, 0.15) is 18.3 Å². The molecule has 0 aromatic rings. The molecule has 0 spiro atoms. The first-order chi connectivity index (χ1) is 5.57. The summed E-state index contributed by atoms with van der Waals surface area (Å²) in [4.78, 5) is 0. The maximum Gasteiger partial charge on any atom is 0.228 e.